The number of carboxylic acid groups (broad SMARTS) is 1. The van der Waals surface area contributed by atoms with E-state index < -0.39 is 18.1 Å². The van der Waals surface area contributed by atoms with Crippen LogP contribution in [-0.4, -0.2) is 40.7 Å². The minimum atomic E-state index is -1.12. The SMILES string of the molecule is CC(C)CC(NC(=O)OCC1c2ccccc2-c2ccccc21)C(=O)NCc1nc(C(=O)O)cs1. The summed E-state index contributed by atoms with van der Waals surface area (Å²) in [5.41, 5.74) is 4.45. The number of thiazole rings is 1. The average molecular weight is 494 g/mol. The maximum Gasteiger partial charge on any atom is 0.407 e. The minimum Gasteiger partial charge on any atom is -0.476 e. The maximum atomic E-state index is 12.8. The van der Waals surface area contributed by atoms with Gasteiger partial charge in [0.05, 0.1) is 6.54 Å². The lowest BCUT2D eigenvalue weighted by Gasteiger charge is -2.21. The van der Waals surface area contributed by atoms with Crippen LogP contribution in [0, 0.1) is 5.92 Å². The van der Waals surface area contributed by atoms with E-state index in [4.69, 9.17) is 9.84 Å². The lowest BCUT2D eigenvalue weighted by atomic mass is 9.98. The summed E-state index contributed by atoms with van der Waals surface area (Å²) in [5.74, 6) is -1.41. The van der Waals surface area contributed by atoms with E-state index in [2.05, 4.69) is 27.8 Å². The van der Waals surface area contributed by atoms with Crippen molar-refractivity contribution < 1.29 is 24.2 Å². The fourth-order valence-electron chi connectivity index (χ4n) is 4.26. The third-order valence-corrected chi connectivity index (χ3v) is 6.69. The summed E-state index contributed by atoms with van der Waals surface area (Å²) in [6.45, 7) is 4.16. The summed E-state index contributed by atoms with van der Waals surface area (Å²) < 4.78 is 5.59. The monoisotopic (exact) mass is 493 g/mol. The Morgan fingerprint density at radius 3 is 2.26 bits per heavy atom. The Morgan fingerprint density at radius 1 is 1.06 bits per heavy atom. The second-order valence-corrected chi connectivity index (χ2v) is 9.74. The first kappa shape index (κ1) is 24.4. The molecule has 0 spiro atoms. The first-order valence-electron chi connectivity index (χ1n) is 11.4. The van der Waals surface area contributed by atoms with E-state index in [1.54, 1.807) is 0 Å². The lowest BCUT2D eigenvalue weighted by Crippen LogP contribution is -2.47. The molecule has 1 aliphatic carbocycles. The Balaban J connectivity index is 1.37. The molecule has 9 heteroatoms. The number of benzene rings is 2. The first-order chi connectivity index (χ1) is 16.8. The second-order valence-electron chi connectivity index (χ2n) is 8.80. The Morgan fingerprint density at radius 2 is 1.69 bits per heavy atom. The van der Waals surface area contributed by atoms with Crippen molar-refractivity contribution in [2.45, 2.75) is 38.8 Å². The number of aromatic nitrogens is 1. The van der Waals surface area contributed by atoms with Crippen molar-refractivity contribution in [3.63, 3.8) is 0 Å². The highest BCUT2D eigenvalue weighted by Gasteiger charge is 2.30. The van der Waals surface area contributed by atoms with Gasteiger partial charge in [-0.25, -0.2) is 14.6 Å². The standard InChI is InChI=1S/C26H27N3O5S/c1-15(2)11-21(24(30)27-12-23-28-22(14-35-23)25(31)32)29-26(33)34-13-20-18-9-5-3-7-16(18)17-8-4-6-10-19(17)20/h3-10,14-15,20-21H,11-13H2,1-2H3,(H,27,30)(H,29,33)(H,31,32). The molecule has 35 heavy (non-hydrogen) atoms. The smallest absolute Gasteiger partial charge is 0.407 e. The van der Waals surface area contributed by atoms with Crippen molar-refractivity contribution >= 4 is 29.3 Å². The van der Waals surface area contributed by atoms with Crippen molar-refractivity contribution in [3.05, 3.63) is 75.7 Å². The van der Waals surface area contributed by atoms with Gasteiger partial charge in [-0.3, -0.25) is 4.79 Å². The minimum absolute atomic E-state index is 0.0604. The molecule has 1 atom stereocenters. The number of nitrogens with one attached hydrogen (secondary N) is 2. The van der Waals surface area contributed by atoms with Gasteiger partial charge in [0.2, 0.25) is 5.91 Å². The average Bonchev–Trinajstić information content (AvgIpc) is 3.44. The molecule has 2 amide bonds. The van der Waals surface area contributed by atoms with Gasteiger partial charge in [-0.1, -0.05) is 62.4 Å². The molecule has 3 N–H and O–H groups in total. The van der Waals surface area contributed by atoms with Gasteiger partial charge in [-0.05, 0) is 34.6 Å². The fourth-order valence-corrected chi connectivity index (χ4v) is 4.97. The van der Waals surface area contributed by atoms with Crippen molar-refractivity contribution in [2.75, 3.05) is 6.61 Å². The molecule has 1 unspecified atom stereocenters. The van der Waals surface area contributed by atoms with Crippen LogP contribution in [-0.2, 0) is 16.1 Å². The summed E-state index contributed by atoms with van der Waals surface area (Å²) in [5, 5.41) is 16.3. The molecule has 1 aliphatic rings. The fraction of sp³-hybridized carbons (Fsp3) is 0.308. The molecular formula is C26H27N3O5S. The van der Waals surface area contributed by atoms with Gasteiger partial charge in [0.1, 0.15) is 17.7 Å². The van der Waals surface area contributed by atoms with E-state index in [1.807, 2.05) is 50.2 Å². The number of hydrogen-bond donors (Lipinski definition) is 3. The van der Waals surface area contributed by atoms with E-state index in [1.165, 1.54) is 5.38 Å². The van der Waals surface area contributed by atoms with E-state index >= 15 is 0 Å². The molecule has 0 saturated carbocycles. The van der Waals surface area contributed by atoms with Crippen LogP contribution in [0.1, 0.15) is 52.8 Å². The predicted octanol–water partition coefficient (Wildman–Crippen LogP) is 4.41. The third-order valence-electron chi connectivity index (χ3n) is 5.84. The summed E-state index contributed by atoms with van der Waals surface area (Å²) in [4.78, 5) is 40.4. The van der Waals surface area contributed by atoms with E-state index in [0.717, 1.165) is 33.6 Å². The number of amides is 2. The van der Waals surface area contributed by atoms with Gasteiger partial charge in [0.15, 0.2) is 5.69 Å². The van der Waals surface area contributed by atoms with Crippen LogP contribution in [0.2, 0.25) is 0 Å². The maximum absolute atomic E-state index is 12.8. The molecule has 2 aromatic carbocycles. The van der Waals surface area contributed by atoms with Gasteiger partial charge in [0, 0.05) is 11.3 Å². The number of carbonyl (C=O) groups excluding carboxylic acids is 2. The molecule has 8 nitrogen and oxygen atoms in total. The molecule has 1 aromatic heterocycles. The number of hydrogen-bond acceptors (Lipinski definition) is 6. The molecule has 0 saturated heterocycles. The Hall–Kier alpha value is -3.72. The van der Waals surface area contributed by atoms with Gasteiger partial charge in [0.25, 0.3) is 0 Å². The molecule has 0 radical (unpaired) electrons. The van der Waals surface area contributed by atoms with Crippen LogP contribution in [0.15, 0.2) is 53.9 Å². The highest BCUT2D eigenvalue weighted by atomic mass is 32.1. The van der Waals surface area contributed by atoms with Crippen molar-refractivity contribution in [1.82, 2.24) is 15.6 Å². The predicted molar refractivity (Wildman–Crippen MR) is 132 cm³/mol. The largest absolute Gasteiger partial charge is 0.476 e. The number of ether oxygens (including phenoxy) is 1. The summed E-state index contributed by atoms with van der Waals surface area (Å²) >= 11 is 1.15. The van der Waals surface area contributed by atoms with Crippen molar-refractivity contribution in [1.29, 1.82) is 0 Å². The zero-order valence-corrected chi connectivity index (χ0v) is 20.3. The van der Waals surface area contributed by atoms with Gasteiger partial charge in [-0.15, -0.1) is 11.3 Å². The Labute approximate surface area is 207 Å². The molecule has 0 bridgehead atoms. The van der Waals surface area contributed by atoms with Crippen molar-refractivity contribution in [2.24, 2.45) is 5.92 Å². The van der Waals surface area contributed by atoms with Crippen LogP contribution in [0.25, 0.3) is 11.1 Å². The normalized spacial score (nSPS) is 13.1. The number of alkyl carbamates (subject to hydrolysis) is 1. The second kappa shape index (κ2) is 10.7. The number of carbonyl (C=O) groups is 3. The van der Waals surface area contributed by atoms with Gasteiger partial charge < -0.3 is 20.5 Å². The third kappa shape index (κ3) is 5.68. The van der Waals surface area contributed by atoms with Crippen molar-refractivity contribution in [3.8, 4) is 11.1 Å². The van der Waals surface area contributed by atoms with Crippen LogP contribution < -0.4 is 10.6 Å². The number of nitrogens with zero attached hydrogens (tertiary/aromatic N) is 1. The zero-order chi connectivity index (χ0) is 24.9. The van der Waals surface area contributed by atoms with E-state index in [0.29, 0.717) is 11.4 Å². The zero-order valence-electron chi connectivity index (χ0n) is 19.5. The molecule has 4 rings (SSSR count). The molecule has 182 valence electrons. The van der Waals surface area contributed by atoms with Gasteiger partial charge in [-0.2, -0.15) is 0 Å². The highest BCUT2D eigenvalue weighted by Crippen LogP contribution is 2.44. The molecule has 0 aliphatic heterocycles. The lowest BCUT2D eigenvalue weighted by molar-refractivity contribution is -0.123. The number of rotatable bonds is 9. The van der Waals surface area contributed by atoms with E-state index in [9.17, 15) is 14.4 Å². The first-order valence-corrected chi connectivity index (χ1v) is 12.3. The van der Waals surface area contributed by atoms with Crippen LogP contribution in [0.5, 0.6) is 0 Å². The highest BCUT2D eigenvalue weighted by molar-refractivity contribution is 7.09. The number of aromatic carboxylic acids is 1. The molecule has 1 heterocycles. The molecular weight excluding hydrogens is 466 g/mol. The molecule has 0 fully saturated rings. The summed E-state index contributed by atoms with van der Waals surface area (Å²) in [6.07, 6.45) is -0.232. The topological polar surface area (TPSA) is 118 Å². The van der Waals surface area contributed by atoms with Crippen LogP contribution in [0.3, 0.4) is 0 Å². The molecule has 3 aromatic rings. The Bertz CT molecular complexity index is 1190. The van der Waals surface area contributed by atoms with Crippen LogP contribution in [0.4, 0.5) is 4.79 Å². The van der Waals surface area contributed by atoms with E-state index in [-0.39, 0.29) is 36.6 Å². The quantitative estimate of drug-likeness (QED) is 0.406. The van der Waals surface area contributed by atoms with Crippen LogP contribution >= 0.6 is 11.3 Å². The number of carboxylic acids is 1. The Kier molecular flexibility index (Phi) is 7.45. The number of fused-ring (bicyclic) bond motifs is 3. The van der Waals surface area contributed by atoms with Gasteiger partial charge >= 0.3 is 12.1 Å². The summed E-state index contributed by atoms with van der Waals surface area (Å²) in [6, 6.07) is 15.4. The summed E-state index contributed by atoms with van der Waals surface area (Å²) in [7, 11) is 0.